The third kappa shape index (κ3) is 12.0. The number of hydrogen-bond acceptors (Lipinski definition) is 0. The molecule has 0 aromatic rings. The average molecular weight is 250 g/mol. The molecule has 0 aliphatic carbocycles. The SMILES string of the molecule is CCC=C(C=CCCCCCCCCCC)CC. The van der Waals surface area contributed by atoms with E-state index in [0.29, 0.717) is 0 Å². The number of rotatable bonds is 12. The van der Waals surface area contributed by atoms with Crippen LogP contribution in [0.4, 0.5) is 0 Å². The van der Waals surface area contributed by atoms with E-state index in [9.17, 15) is 0 Å². The van der Waals surface area contributed by atoms with Gasteiger partial charge < -0.3 is 0 Å². The summed E-state index contributed by atoms with van der Waals surface area (Å²) in [4.78, 5) is 0. The Labute approximate surface area is 116 Å². The monoisotopic (exact) mass is 250 g/mol. The summed E-state index contributed by atoms with van der Waals surface area (Å²) in [5.74, 6) is 0. The van der Waals surface area contributed by atoms with E-state index in [1.165, 1.54) is 69.8 Å². The first kappa shape index (κ1) is 17.5. The minimum atomic E-state index is 1.16. The van der Waals surface area contributed by atoms with Gasteiger partial charge in [0.2, 0.25) is 0 Å². The van der Waals surface area contributed by atoms with Gasteiger partial charge in [0.15, 0.2) is 0 Å². The number of unbranched alkanes of at least 4 members (excludes halogenated alkanes) is 8. The molecule has 106 valence electrons. The highest BCUT2D eigenvalue weighted by atomic mass is 14.0. The van der Waals surface area contributed by atoms with Crippen molar-refractivity contribution in [3.05, 3.63) is 23.8 Å². The van der Waals surface area contributed by atoms with Crippen LogP contribution in [0.15, 0.2) is 23.8 Å². The fraction of sp³-hybridized carbons (Fsp3) is 0.778. The van der Waals surface area contributed by atoms with Crippen molar-refractivity contribution >= 4 is 0 Å². The van der Waals surface area contributed by atoms with Gasteiger partial charge in [0, 0.05) is 0 Å². The van der Waals surface area contributed by atoms with Gasteiger partial charge in [-0.3, -0.25) is 0 Å². The van der Waals surface area contributed by atoms with Gasteiger partial charge in [-0.05, 0) is 25.7 Å². The molecule has 0 bridgehead atoms. The maximum atomic E-state index is 2.36. The van der Waals surface area contributed by atoms with Crippen molar-refractivity contribution in [2.45, 2.75) is 91.4 Å². The topological polar surface area (TPSA) is 0 Å². The van der Waals surface area contributed by atoms with Crippen LogP contribution in [0.2, 0.25) is 0 Å². The lowest BCUT2D eigenvalue weighted by Gasteiger charge is -2.00. The molecule has 0 heteroatoms. The maximum absolute atomic E-state index is 2.36. The molecule has 0 aromatic heterocycles. The summed E-state index contributed by atoms with van der Waals surface area (Å²) in [5, 5.41) is 0. The minimum Gasteiger partial charge on any atom is -0.0843 e. The molecule has 0 radical (unpaired) electrons. The first-order valence-corrected chi connectivity index (χ1v) is 8.20. The highest BCUT2D eigenvalue weighted by Gasteiger charge is 1.91. The Morgan fingerprint density at radius 3 is 1.94 bits per heavy atom. The van der Waals surface area contributed by atoms with Crippen molar-refractivity contribution in [3.8, 4) is 0 Å². The Bertz CT molecular complexity index is 210. The first-order chi connectivity index (χ1) is 8.85. The van der Waals surface area contributed by atoms with E-state index in [2.05, 4.69) is 39.0 Å². The quantitative estimate of drug-likeness (QED) is 0.263. The molecule has 0 N–H and O–H groups in total. The highest BCUT2D eigenvalue weighted by Crippen LogP contribution is 2.11. The van der Waals surface area contributed by atoms with E-state index in [-0.39, 0.29) is 0 Å². The van der Waals surface area contributed by atoms with Gasteiger partial charge in [-0.1, -0.05) is 89.5 Å². The number of hydrogen-bond donors (Lipinski definition) is 0. The van der Waals surface area contributed by atoms with Crippen molar-refractivity contribution in [1.82, 2.24) is 0 Å². The van der Waals surface area contributed by atoms with Crippen LogP contribution in [0.1, 0.15) is 91.4 Å². The molecule has 0 heterocycles. The Hall–Kier alpha value is -0.520. The molecular formula is C18H34. The molecule has 0 aliphatic heterocycles. The van der Waals surface area contributed by atoms with Gasteiger partial charge in [-0.2, -0.15) is 0 Å². The van der Waals surface area contributed by atoms with Crippen LogP contribution in [0.3, 0.4) is 0 Å². The molecule has 0 saturated heterocycles. The van der Waals surface area contributed by atoms with E-state index in [1.807, 2.05) is 0 Å². The van der Waals surface area contributed by atoms with Crippen molar-refractivity contribution in [1.29, 1.82) is 0 Å². The van der Waals surface area contributed by atoms with E-state index in [4.69, 9.17) is 0 Å². The smallest absolute Gasteiger partial charge is 0.0311 e. The molecule has 0 atom stereocenters. The fourth-order valence-corrected chi connectivity index (χ4v) is 2.22. The zero-order valence-corrected chi connectivity index (χ0v) is 13.0. The van der Waals surface area contributed by atoms with Gasteiger partial charge in [0.05, 0.1) is 0 Å². The van der Waals surface area contributed by atoms with E-state index < -0.39 is 0 Å². The molecule has 0 saturated carbocycles. The lowest BCUT2D eigenvalue weighted by molar-refractivity contribution is 0.577. The van der Waals surface area contributed by atoms with Crippen molar-refractivity contribution in [3.63, 3.8) is 0 Å². The molecular weight excluding hydrogens is 216 g/mol. The Kier molecular flexibility index (Phi) is 14.1. The summed E-state index contributed by atoms with van der Waals surface area (Å²) in [6.07, 6.45) is 21.9. The Morgan fingerprint density at radius 2 is 1.39 bits per heavy atom. The highest BCUT2D eigenvalue weighted by molar-refractivity contribution is 5.17. The van der Waals surface area contributed by atoms with E-state index >= 15 is 0 Å². The normalized spacial score (nSPS) is 12.5. The standard InChI is InChI=1S/C18H34/c1-4-7-8-9-10-11-12-13-14-15-17-18(6-3)16-5-2/h15-17H,4-14H2,1-3H3. The molecule has 0 spiro atoms. The van der Waals surface area contributed by atoms with Crippen molar-refractivity contribution in [2.75, 3.05) is 0 Å². The second kappa shape index (κ2) is 14.5. The molecule has 0 amide bonds. The van der Waals surface area contributed by atoms with Gasteiger partial charge >= 0.3 is 0 Å². The van der Waals surface area contributed by atoms with Crippen LogP contribution in [0, 0.1) is 0 Å². The number of allylic oxidation sites excluding steroid dienone is 4. The second-order valence-corrected chi connectivity index (χ2v) is 5.21. The third-order valence-corrected chi connectivity index (χ3v) is 3.43. The Balaban J connectivity index is 3.34. The predicted molar refractivity (Wildman–Crippen MR) is 85.0 cm³/mol. The Morgan fingerprint density at radius 1 is 0.778 bits per heavy atom. The van der Waals surface area contributed by atoms with Crippen LogP contribution in [0.5, 0.6) is 0 Å². The van der Waals surface area contributed by atoms with Crippen LogP contribution >= 0.6 is 0 Å². The van der Waals surface area contributed by atoms with Gasteiger partial charge in [0.1, 0.15) is 0 Å². The summed E-state index contributed by atoms with van der Waals surface area (Å²) in [7, 11) is 0. The fourth-order valence-electron chi connectivity index (χ4n) is 2.22. The lowest BCUT2D eigenvalue weighted by Crippen LogP contribution is -1.80. The zero-order valence-electron chi connectivity index (χ0n) is 13.0. The second-order valence-electron chi connectivity index (χ2n) is 5.21. The van der Waals surface area contributed by atoms with Gasteiger partial charge in [-0.25, -0.2) is 0 Å². The molecule has 0 fully saturated rings. The molecule has 0 rings (SSSR count). The molecule has 0 nitrogen and oxygen atoms in total. The van der Waals surface area contributed by atoms with Gasteiger partial charge in [-0.15, -0.1) is 0 Å². The summed E-state index contributed by atoms with van der Waals surface area (Å²) in [5.41, 5.74) is 1.50. The maximum Gasteiger partial charge on any atom is -0.0311 e. The van der Waals surface area contributed by atoms with Crippen molar-refractivity contribution < 1.29 is 0 Å². The van der Waals surface area contributed by atoms with E-state index in [0.717, 1.165) is 6.42 Å². The zero-order chi connectivity index (χ0) is 13.5. The average Bonchev–Trinajstić information content (AvgIpc) is 2.39. The minimum absolute atomic E-state index is 1.16. The molecule has 0 aliphatic rings. The van der Waals surface area contributed by atoms with Crippen LogP contribution in [0.25, 0.3) is 0 Å². The summed E-state index contributed by atoms with van der Waals surface area (Å²) >= 11 is 0. The van der Waals surface area contributed by atoms with Gasteiger partial charge in [0.25, 0.3) is 0 Å². The first-order valence-electron chi connectivity index (χ1n) is 8.20. The predicted octanol–water partition coefficient (Wildman–Crippen LogP) is 6.82. The summed E-state index contributed by atoms with van der Waals surface area (Å²) < 4.78 is 0. The summed E-state index contributed by atoms with van der Waals surface area (Å²) in [6, 6.07) is 0. The van der Waals surface area contributed by atoms with Crippen LogP contribution < -0.4 is 0 Å². The lowest BCUT2D eigenvalue weighted by atomic mass is 10.1. The van der Waals surface area contributed by atoms with Crippen LogP contribution in [-0.2, 0) is 0 Å². The van der Waals surface area contributed by atoms with E-state index in [1.54, 1.807) is 0 Å². The van der Waals surface area contributed by atoms with Crippen LogP contribution in [-0.4, -0.2) is 0 Å². The molecule has 18 heavy (non-hydrogen) atoms. The molecule has 0 aromatic carbocycles. The van der Waals surface area contributed by atoms with Crippen molar-refractivity contribution in [2.24, 2.45) is 0 Å². The largest absolute Gasteiger partial charge is 0.0843 e. The molecule has 0 unspecified atom stereocenters. The third-order valence-electron chi connectivity index (χ3n) is 3.43. The summed E-state index contributed by atoms with van der Waals surface area (Å²) in [6.45, 7) is 6.73.